The molecule has 26 heavy (non-hydrogen) atoms. The van der Waals surface area contributed by atoms with E-state index in [1.54, 1.807) is 5.57 Å². The van der Waals surface area contributed by atoms with Crippen LogP contribution in [0.3, 0.4) is 0 Å². The van der Waals surface area contributed by atoms with Crippen LogP contribution in [0.2, 0.25) is 0 Å². The smallest absolute Gasteiger partial charge is 0.0930 e. The van der Waals surface area contributed by atoms with Gasteiger partial charge in [-0.15, -0.1) is 0 Å². The third-order valence-corrected chi connectivity index (χ3v) is 9.48. The Morgan fingerprint density at radius 2 is 2.00 bits per heavy atom. The summed E-state index contributed by atoms with van der Waals surface area (Å²) in [6.45, 7) is 10.0. The molecule has 0 unspecified atom stereocenters. The number of fused-ring (bicyclic) bond motifs is 2. The first-order valence-electron chi connectivity index (χ1n) is 11.4. The third kappa shape index (κ3) is 2.50. The summed E-state index contributed by atoms with van der Waals surface area (Å²) in [7, 11) is 0. The molecule has 0 aromatic heterocycles. The minimum atomic E-state index is 0.138. The fraction of sp³-hybridized carbons (Fsp3) is 0.917. The number of aliphatic hydroxyl groups excluding tert-OH is 1. The van der Waals surface area contributed by atoms with Crippen LogP contribution in [-0.4, -0.2) is 23.4 Å². The maximum absolute atomic E-state index is 9.24. The van der Waals surface area contributed by atoms with Crippen molar-refractivity contribution in [2.24, 2.45) is 34.5 Å². The molecule has 1 heterocycles. The molecule has 5 rings (SSSR count). The van der Waals surface area contributed by atoms with Crippen LogP contribution < -0.4 is 0 Å². The highest BCUT2D eigenvalue weighted by molar-refractivity contribution is 5.24. The summed E-state index contributed by atoms with van der Waals surface area (Å²) >= 11 is 0. The molecular weight excluding hydrogens is 320 g/mol. The third-order valence-electron chi connectivity index (χ3n) is 9.48. The molecule has 0 bridgehead atoms. The number of epoxide rings is 1. The molecular formula is C24H38O2. The molecule has 1 N–H and O–H groups in total. The molecule has 1 spiro atoms. The van der Waals surface area contributed by atoms with Crippen molar-refractivity contribution in [3.05, 3.63) is 12.2 Å². The lowest BCUT2D eigenvalue weighted by atomic mass is 9.44. The lowest BCUT2D eigenvalue weighted by Gasteiger charge is -2.61. The van der Waals surface area contributed by atoms with Crippen LogP contribution in [0.25, 0.3) is 0 Å². The number of allylic oxidation sites excluding steroid dienone is 1. The standard InChI is InChI=1S/C24H38O2/c1-16-12-24(10-8-17(13-24)6-5-11-25)21-23(3,26-21)14-18-7-4-9-22(2)15-19(16)20(18)22/h17-21,25H,1,4-15H2,2-3H3/t17-,18+,19+,20+,21+,22-,23+,24+/m0/s1. The van der Waals surface area contributed by atoms with Gasteiger partial charge in [0, 0.05) is 12.0 Å². The fourth-order valence-electron chi connectivity index (χ4n) is 8.49. The SMILES string of the molecule is C=C1C[C@@]2(CC[C@H](CCCO)C2)[C@@H]2O[C@]2(C)C[C@H]2CCC[C@@]3(C)C[C@H]1[C@@H]23. The maximum atomic E-state index is 9.24. The second kappa shape index (κ2) is 5.83. The number of ether oxygens (including phenoxy) is 1. The second-order valence-corrected chi connectivity index (χ2v) is 11.3. The molecule has 8 atom stereocenters. The van der Waals surface area contributed by atoms with Gasteiger partial charge in [-0.1, -0.05) is 31.9 Å². The Hall–Kier alpha value is -0.340. The van der Waals surface area contributed by atoms with Crippen LogP contribution >= 0.6 is 0 Å². The molecule has 0 aromatic carbocycles. The number of hydrogen-bond donors (Lipinski definition) is 1. The Morgan fingerprint density at radius 3 is 2.81 bits per heavy atom. The molecule has 5 aliphatic rings. The Balaban J connectivity index is 1.42. The van der Waals surface area contributed by atoms with Gasteiger partial charge in [-0.25, -0.2) is 0 Å². The Labute approximate surface area is 159 Å². The van der Waals surface area contributed by atoms with E-state index in [1.165, 1.54) is 64.2 Å². The van der Waals surface area contributed by atoms with Crippen molar-refractivity contribution in [1.29, 1.82) is 0 Å². The summed E-state index contributed by atoms with van der Waals surface area (Å²) < 4.78 is 6.56. The molecule has 0 radical (unpaired) electrons. The van der Waals surface area contributed by atoms with Crippen molar-refractivity contribution < 1.29 is 9.84 Å². The summed E-state index contributed by atoms with van der Waals surface area (Å²) in [5.74, 6) is 3.33. The number of aliphatic hydroxyl groups is 1. The van der Waals surface area contributed by atoms with Gasteiger partial charge in [0.2, 0.25) is 0 Å². The van der Waals surface area contributed by atoms with Crippen molar-refractivity contribution in [2.45, 2.75) is 96.2 Å². The highest BCUT2D eigenvalue weighted by Gasteiger charge is 2.68. The van der Waals surface area contributed by atoms with Crippen LogP contribution in [-0.2, 0) is 4.74 Å². The fourth-order valence-corrected chi connectivity index (χ4v) is 8.49. The van der Waals surface area contributed by atoms with Crippen molar-refractivity contribution in [3.8, 4) is 0 Å². The molecule has 2 heteroatoms. The zero-order chi connectivity index (χ0) is 18.2. The molecule has 1 aliphatic heterocycles. The van der Waals surface area contributed by atoms with Gasteiger partial charge < -0.3 is 9.84 Å². The van der Waals surface area contributed by atoms with E-state index in [4.69, 9.17) is 4.74 Å². The monoisotopic (exact) mass is 358 g/mol. The minimum absolute atomic E-state index is 0.138. The lowest BCUT2D eigenvalue weighted by Crippen LogP contribution is -2.53. The van der Waals surface area contributed by atoms with Gasteiger partial charge in [0.25, 0.3) is 0 Å². The topological polar surface area (TPSA) is 32.8 Å². The van der Waals surface area contributed by atoms with Gasteiger partial charge in [-0.05, 0) is 93.8 Å². The van der Waals surface area contributed by atoms with Crippen LogP contribution in [0, 0.1) is 34.5 Å². The zero-order valence-corrected chi connectivity index (χ0v) is 16.9. The predicted octanol–water partition coefficient (Wildman–Crippen LogP) is 5.50. The van der Waals surface area contributed by atoms with Crippen LogP contribution in [0.5, 0.6) is 0 Å². The normalized spacial score (nSPS) is 55.3. The largest absolute Gasteiger partial charge is 0.396 e. The van der Waals surface area contributed by atoms with E-state index < -0.39 is 0 Å². The first kappa shape index (κ1) is 17.7. The van der Waals surface area contributed by atoms with Crippen molar-refractivity contribution in [2.75, 3.05) is 6.61 Å². The molecule has 4 aliphatic carbocycles. The highest BCUT2D eigenvalue weighted by Crippen LogP contribution is 2.70. The van der Waals surface area contributed by atoms with Gasteiger partial charge in [0.05, 0.1) is 11.7 Å². The Bertz CT molecular complexity index is 599. The summed E-state index contributed by atoms with van der Waals surface area (Å²) in [6.07, 6.45) is 14.8. The van der Waals surface area contributed by atoms with Crippen molar-refractivity contribution in [1.82, 2.24) is 0 Å². The maximum Gasteiger partial charge on any atom is 0.0930 e. The van der Waals surface area contributed by atoms with Crippen LogP contribution in [0.4, 0.5) is 0 Å². The summed E-state index contributed by atoms with van der Waals surface area (Å²) in [5, 5.41) is 9.24. The van der Waals surface area contributed by atoms with E-state index in [0.29, 0.717) is 23.5 Å². The minimum Gasteiger partial charge on any atom is -0.396 e. The second-order valence-electron chi connectivity index (χ2n) is 11.3. The molecule has 4 saturated carbocycles. The Morgan fingerprint density at radius 1 is 1.15 bits per heavy atom. The van der Waals surface area contributed by atoms with Crippen molar-refractivity contribution in [3.63, 3.8) is 0 Å². The molecule has 1 saturated heterocycles. The summed E-state index contributed by atoms with van der Waals surface area (Å²) in [5.41, 5.74) is 2.65. The summed E-state index contributed by atoms with van der Waals surface area (Å²) in [4.78, 5) is 0. The zero-order valence-electron chi connectivity index (χ0n) is 16.9. The Kier molecular flexibility index (Phi) is 3.98. The van der Waals surface area contributed by atoms with E-state index in [1.807, 2.05) is 0 Å². The average Bonchev–Trinajstić information content (AvgIpc) is 3.07. The highest BCUT2D eigenvalue weighted by atomic mass is 16.6. The lowest BCUT2D eigenvalue weighted by molar-refractivity contribution is -0.0930. The first-order valence-corrected chi connectivity index (χ1v) is 11.4. The van der Waals surface area contributed by atoms with Gasteiger partial charge in [0.1, 0.15) is 0 Å². The molecule has 2 nitrogen and oxygen atoms in total. The molecule has 0 amide bonds. The molecule has 146 valence electrons. The van der Waals surface area contributed by atoms with E-state index in [2.05, 4.69) is 20.4 Å². The van der Waals surface area contributed by atoms with Gasteiger partial charge in [0.15, 0.2) is 0 Å². The van der Waals surface area contributed by atoms with E-state index in [0.717, 1.165) is 30.1 Å². The van der Waals surface area contributed by atoms with E-state index >= 15 is 0 Å². The van der Waals surface area contributed by atoms with E-state index in [9.17, 15) is 5.11 Å². The number of hydrogen-bond acceptors (Lipinski definition) is 2. The van der Waals surface area contributed by atoms with Gasteiger partial charge in [-0.2, -0.15) is 0 Å². The predicted molar refractivity (Wildman–Crippen MR) is 105 cm³/mol. The van der Waals surface area contributed by atoms with Crippen LogP contribution in [0.15, 0.2) is 12.2 Å². The number of rotatable bonds is 3. The summed E-state index contributed by atoms with van der Waals surface area (Å²) in [6, 6.07) is 0. The average molecular weight is 359 g/mol. The quantitative estimate of drug-likeness (QED) is 0.534. The van der Waals surface area contributed by atoms with E-state index in [-0.39, 0.29) is 5.60 Å². The molecule has 0 aromatic rings. The van der Waals surface area contributed by atoms with Gasteiger partial charge >= 0.3 is 0 Å². The van der Waals surface area contributed by atoms with Crippen LogP contribution in [0.1, 0.15) is 84.5 Å². The first-order chi connectivity index (χ1) is 12.4. The molecule has 5 fully saturated rings. The van der Waals surface area contributed by atoms with Crippen molar-refractivity contribution >= 4 is 0 Å². The van der Waals surface area contributed by atoms with Gasteiger partial charge in [-0.3, -0.25) is 0 Å².